The summed E-state index contributed by atoms with van der Waals surface area (Å²) in [4.78, 5) is 21.7. The van der Waals surface area contributed by atoms with Crippen LogP contribution in [0.25, 0.3) is 0 Å². The van der Waals surface area contributed by atoms with Gasteiger partial charge < -0.3 is 10.4 Å². The lowest BCUT2D eigenvalue weighted by molar-refractivity contribution is -0.169. The van der Waals surface area contributed by atoms with E-state index in [1.165, 1.54) is 24.3 Å². The van der Waals surface area contributed by atoms with Gasteiger partial charge in [0.1, 0.15) is 0 Å². The number of halogens is 4. The molecule has 2 N–H and O–H groups in total. The highest BCUT2D eigenvalue weighted by Gasteiger charge is 2.48. The zero-order valence-corrected chi connectivity index (χ0v) is 10.1. The van der Waals surface area contributed by atoms with Gasteiger partial charge in [-0.05, 0) is 18.1 Å². The Kier molecular flexibility index (Phi) is 5.06. The summed E-state index contributed by atoms with van der Waals surface area (Å²) in [6, 6.07) is 5.78. The Bertz CT molecular complexity index is 505. The van der Waals surface area contributed by atoms with Gasteiger partial charge in [0.25, 0.3) is 5.91 Å². The third kappa shape index (κ3) is 3.69. The van der Waals surface area contributed by atoms with Crippen LogP contribution >= 0.6 is 0 Å². The van der Waals surface area contributed by atoms with E-state index < -0.39 is 24.2 Å². The Morgan fingerprint density at radius 2 is 1.85 bits per heavy atom. The molecule has 0 spiro atoms. The average Bonchev–Trinajstić information content (AvgIpc) is 2.38. The van der Waals surface area contributed by atoms with Crippen LogP contribution in [0.2, 0.25) is 0 Å². The average molecular weight is 293 g/mol. The highest BCUT2D eigenvalue weighted by molar-refractivity contribution is 5.89. The quantitative estimate of drug-likeness (QED) is 0.788. The molecule has 0 aliphatic carbocycles. The van der Waals surface area contributed by atoms with Gasteiger partial charge in [-0.25, -0.2) is 13.6 Å². The lowest BCUT2D eigenvalue weighted by atomic mass is 10.0. The standard InChI is InChI=1S/C12H11F4NO3/c13-10(14)12(15,16)11(20)17-6-5-7-3-1-2-4-8(7)9(18)19/h1-4,10H,5-6H2,(H,17,20)(H,18,19). The second kappa shape index (κ2) is 6.36. The maximum absolute atomic E-state index is 12.6. The molecule has 1 aromatic rings. The summed E-state index contributed by atoms with van der Waals surface area (Å²) in [5.74, 6) is -8.04. The monoisotopic (exact) mass is 293 g/mol. The lowest BCUT2D eigenvalue weighted by Gasteiger charge is -2.15. The first-order chi connectivity index (χ1) is 9.26. The van der Waals surface area contributed by atoms with Crippen molar-refractivity contribution in [2.75, 3.05) is 6.54 Å². The van der Waals surface area contributed by atoms with Crippen LogP contribution in [0.1, 0.15) is 15.9 Å². The Morgan fingerprint density at radius 3 is 2.40 bits per heavy atom. The molecule has 110 valence electrons. The normalized spacial score (nSPS) is 11.4. The molecular formula is C12H11F4NO3. The van der Waals surface area contributed by atoms with E-state index in [1.54, 1.807) is 5.32 Å². The molecule has 0 fully saturated rings. The van der Waals surface area contributed by atoms with Crippen molar-refractivity contribution >= 4 is 11.9 Å². The molecular weight excluding hydrogens is 282 g/mol. The van der Waals surface area contributed by atoms with Crippen molar-refractivity contribution in [3.05, 3.63) is 35.4 Å². The molecule has 1 rings (SSSR count). The third-order valence-corrected chi connectivity index (χ3v) is 2.50. The molecule has 0 aliphatic rings. The first-order valence-electron chi connectivity index (χ1n) is 5.52. The second-order valence-electron chi connectivity index (χ2n) is 3.89. The van der Waals surface area contributed by atoms with Crippen LogP contribution < -0.4 is 5.32 Å². The van der Waals surface area contributed by atoms with Crippen LogP contribution in [0, 0.1) is 0 Å². The summed E-state index contributed by atoms with van der Waals surface area (Å²) < 4.78 is 49.0. The van der Waals surface area contributed by atoms with Gasteiger partial charge in [0.05, 0.1) is 5.56 Å². The van der Waals surface area contributed by atoms with E-state index in [0.717, 1.165) is 0 Å². The molecule has 0 atom stereocenters. The minimum absolute atomic E-state index is 0.0395. The molecule has 0 aliphatic heterocycles. The van der Waals surface area contributed by atoms with E-state index in [4.69, 9.17) is 5.11 Å². The van der Waals surface area contributed by atoms with Crippen LogP contribution in [-0.2, 0) is 11.2 Å². The number of benzene rings is 1. The molecule has 1 aromatic carbocycles. The third-order valence-electron chi connectivity index (χ3n) is 2.50. The maximum atomic E-state index is 12.6. The van der Waals surface area contributed by atoms with Gasteiger partial charge in [0.2, 0.25) is 0 Å². The molecule has 4 nitrogen and oxygen atoms in total. The summed E-state index contributed by atoms with van der Waals surface area (Å²) in [7, 11) is 0. The number of carbonyl (C=O) groups excluding carboxylic acids is 1. The van der Waals surface area contributed by atoms with Gasteiger partial charge in [-0.1, -0.05) is 18.2 Å². The number of aromatic carboxylic acids is 1. The van der Waals surface area contributed by atoms with E-state index in [-0.39, 0.29) is 18.5 Å². The first-order valence-corrected chi connectivity index (χ1v) is 5.52. The molecule has 0 saturated heterocycles. The summed E-state index contributed by atoms with van der Waals surface area (Å²) in [6.07, 6.45) is -4.15. The van der Waals surface area contributed by atoms with Crippen molar-refractivity contribution in [3.8, 4) is 0 Å². The molecule has 0 unspecified atom stereocenters. The zero-order chi connectivity index (χ0) is 15.3. The van der Waals surface area contributed by atoms with E-state index in [0.29, 0.717) is 5.56 Å². The van der Waals surface area contributed by atoms with E-state index >= 15 is 0 Å². The van der Waals surface area contributed by atoms with Crippen molar-refractivity contribution in [1.82, 2.24) is 5.32 Å². The molecule has 0 radical (unpaired) electrons. The SMILES string of the molecule is O=C(O)c1ccccc1CCNC(=O)C(F)(F)C(F)F. The zero-order valence-electron chi connectivity index (χ0n) is 10.1. The fraction of sp³-hybridized carbons (Fsp3) is 0.333. The minimum Gasteiger partial charge on any atom is -0.478 e. The number of nitrogens with one attached hydrogen (secondary N) is 1. The van der Waals surface area contributed by atoms with Gasteiger partial charge >= 0.3 is 18.3 Å². The number of alkyl halides is 4. The van der Waals surface area contributed by atoms with Crippen LogP contribution in [0.5, 0.6) is 0 Å². The van der Waals surface area contributed by atoms with Gasteiger partial charge in [-0.3, -0.25) is 4.79 Å². The van der Waals surface area contributed by atoms with Crippen molar-refractivity contribution in [2.24, 2.45) is 0 Å². The van der Waals surface area contributed by atoms with Crippen molar-refractivity contribution in [3.63, 3.8) is 0 Å². The second-order valence-corrected chi connectivity index (χ2v) is 3.89. The van der Waals surface area contributed by atoms with Gasteiger partial charge in [-0.2, -0.15) is 8.78 Å². The van der Waals surface area contributed by atoms with Crippen LogP contribution in [0.4, 0.5) is 17.6 Å². The molecule has 0 heterocycles. The number of carboxylic acid groups (broad SMARTS) is 1. The van der Waals surface area contributed by atoms with Crippen molar-refractivity contribution in [2.45, 2.75) is 18.8 Å². The molecule has 0 saturated carbocycles. The fourth-order valence-corrected chi connectivity index (χ4v) is 1.47. The molecule has 0 bridgehead atoms. The molecule has 1 amide bonds. The highest BCUT2D eigenvalue weighted by Crippen LogP contribution is 2.22. The first kappa shape index (κ1) is 15.9. The van der Waals surface area contributed by atoms with E-state index in [9.17, 15) is 27.2 Å². The Morgan fingerprint density at radius 1 is 1.25 bits per heavy atom. The number of hydrogen-bond acceptors (Lipinski definition) is 2. The predicted molar refractivity (Wildman–Crippen MR) is 61.1 cm³/mol. The molecule has 0 aromatic heterocycles. The summed E-state index contributed by atoms with van der Waals surface area (Å²) in [5.41, 5.74) is 0.267. The Balaban J connectivity index is 2.62. The van der Waals surface area contributed by atoms with E-state index in [2.05, 4.69) is 0 Å². The smallest absolute Gasteiger partial charge is 0.383 e. The fourth-order valence-electron chi connectivity index (χ4n) is 1.47. The number of carbonyl (C=O) groups is 2. The number of hydrogen-bond donors (Lipinski definition) is 2. The van der Waals surface area contributed by atoms with Crippen LogP contribution in [-0.4, -0.2) is 35.9 Å². The van der Waals surface area contributed by atoms with E-state index in [1.807, 2.05) is 0 Å². The Hall–Kier alpha value is -2.12. The lowest BCUT2D eigenvalue weighted by Crippen LogP contribution is -2.45. The predicted octanol–water partition coefficient (Wildman–Crippen LogP) is 1.94. The minimum atomic E-state index is -4.76. The largest absolute Gasteiger partial charge is 0.478 e. The summed E-state index contributed by atoms with van der Waals surface area (Å²) in [5, 5.41) is 10.5. The van der Waals surface area contributed by atoms with Gasteiger partial charge in [0, 0.05) is 6.54 Å². The van der Waals surface area contributed by atoms with Gasteiger partial charge in [-0.15, -0.1) is 0 Å². The summed E-state index contributed by atoms with van der Waals surface area (Å²) >= 11 is 0. The van der Waals surface area contributed by atoms with Crippen molar-refractivity contribution < 1.29 is 32.3 Å². The number of carboxylic acids is 1. The summed E-state index contributed by atoms with van der Waals surface area (Å²) in [6.45, 7) is -0.370. The topological polar surface area (TPSA) is 66.4 Å². The Labute approximate surface area is 111 Å². The highest BCUT2D eigenvalue weighted by atomic mass is 19.3. The van der Waals surface area contributed by atoms with Gasteiger partial charge in [0.15, 0.2) is 0 Å². The maximum Gasteiger partial charge on any atom is 0.383 e. The number of amides is 1. The van der Waals surface area contributed by atoms with Crippen LogP contribution in [0.15, 0.2) is 24.3 Å². The molecule has 20 heavy (non-hydrogen) atoms. The number of rotatable bonds is 6. The van der Waals surface area contributed by atoms with Crippen LogP contribution in [0.3, 0.4) is 0 Å². The molecule has 8 heteroatoms. The van der Waals surface area contributed by atoms with Crippen molar-refractivity contribution in [1.29, 1.82) is 0 Å².